The summed E-state index contributed by atoms with van der Waals surface area (Å²) in [5.74, 6) is -0.451. The lowest BCUT2D eigenvalue weighted by Crippen LogP contribution is -2.47. The maximum Gasteiger partial charge on any atom is 0.233 e. The van der Waals surface area contributed by atoms with Crippen LogP contribution < -0.4 is 11.1 Å². The summed E-state index contributed by atoms with van der Waals surface area (Å²) in [4.78, 5) is 12.8. The van der Waals surface area contributed by atoms with E-state index >= 15 is 0 Å². The lowest BCUT2D eigenvalue weighted by molar-refractivity contribution is -0.128. The first-order chi connectivity index (χ1) is 9.45. The van der Waals surface area contributed by atoms with Crippen molar-refractivity contribution >= 4 is 23.1 Å². The molecule has 0 spiro atoms. The van der Waals surface area contributed by atoms with Gasteiger partial charge in [0.1, 0.15) is 5.82 Å². The van der Waals surface area contributed by atoms with Crippen molar-refractivity contribution in [2.45, 2.75) is 38.6 Å². The third-order valence-corrected chi connectivity index (χ3v) is 4.45. The Bertz CT molecular complexity index is 526. The molecule has 1 fully saturated rings. The third kappa shape index (κ3) is 2.82. The lowest BCUT2D eigenvalue weighted by Gasteiger charge is -2.28. The van der Waals surface area contributed by atoms with Gasteiger partial charge in [-0.05, 0) is 37.5 Å². The van der Waals surface area contributed by atoms with Gasteiger partial charge in [0, 0.05) is 0 Å². The molecule has 3 N–H and O–H groups in total. The molecule has 0 aromatic heterocycles. The minimum Gasteiger partial charge on any atom is -0.392 e. The molecule has 1 aromatic carbocycles. The number of amides is 1. The van der Waals surface area contributed by atoms with Crippen LogP contribution in [0.3, 0.4) is 0 Å². The van der Waals surface area contributed by atoms with Crippen LogP contribution in [0.25, 0.3) is 0 Å². The summed E-state index contributed by atoms with van der Waals surface area (Å²) in [5.41, 5.74) is 5.79. The van der Waals surface area contributed by atoms with Gasteiger partial charge in [-0.15, -0.1) is 0 Å². The van der Waals surface area contributed by atoms with Crippen LogP contribution in [0.1, 0.15) is 44.2 Å². The van der Waals surface area contributed by atoms with Crippen LogP contribution in [0, 0.1) is 11.2 Å². The van der Waals surface area contributed by atoms with Crippen molar-refractivity contribution in [3.63, 3.8) is 0 Å². The predicted octanol–water partition coefficient (Wildman–Crippen LogP) is 2.85. The molecule has 1 saturated carbocycles. The van der Waals surface area contributed by atoms with Gasteiger partial charge in [0.2, 0.25) is 5.91 Å². The summed E-state index contributed by atoms with van der Waals surface area (Å²) in [7, 11) is 0. The number of thiocarbonyl (C=S) groups is 1. The molecule has 5 heteroatoms. The van der Waals surface area contributed by atoms with Crippen molar-refractivity contribution < 1.29 is 9.18 Å². The molecule has 1 unspecified atom stereocenters. The number of carbonyl (C=O) groups is 1. The molecular formula is C15H19FN2OS. The molecule has 1 aromatic rings. The summed E-state index contributed by atoms with van der Waals surface area (Å²) in [6, 6.07) is 5.95. The number of halogens is 1. The van der Waals surface area contributed by atoms with E-state index in [9.17, 15) is 9.18 Å². The highest BCUT2D eigenvalue weighted by Crippen LogP contribution is 2.39. The van der Waals surface area contributed by atoms with Gasteiger partial charge in [-0.2, -0.15) is 0 Å². The zero-order valence-electron chi connectivity index (χ0n) is 11.5. The summed E-state index contributed by atoms with van der Waals surface area (Å²) >= 11 is 5.09. The van der Waals surface area contributed by atoms with E-state index in [0.717, 1.165) is 18.4 Å². The minimum absolute atomic E-state index is 0.140. The van der Waals surface area contributed by atoms with Crippen LogP contribution in [0.15, 0.2) is 24.3 Å². The average Bonchev–Trinajstić information content (AvgIpc) is 2.89. The Hall–Kier alpha value is -1.49. The monoisotopic (exact) mass is 294 g/mol. The van der Waals surface area contributed by atoms with Crippen molar-refractivity contribution in [1.29, 1.82) is 0 Å². The summed E-state index contributed by atoms with van der Waals surface area (Å²) in [5, 5.41) is 2.91. The van der Waals surface area contributed by atoms with E-state index in [1.807, 2.05) is 6.92 Å². The zero-order chi connectivity index (χ0) is 14.8. The highest BCUT2D eigenvalue weighted by Gasteiger charge is 2.44. The molecule has 0 radical (unpaired) electrons. The summed E-state index contributed by atoms with van der Waals surface area (Å²) in [6.45, 7) is 1.83. The molecule has 0 heterocycles. The van der Waals surface area contributed by atoms with E-state index in [4.69, 9.17) is 18.0 Å². The molecule has 0 bridgehead atoms. The van der Waals surface area contributed by atoms with E-state index in [2.05, 4.69) is 5.32 Å². The van der Waals surface area contributed by atoms with E-state index in [1.165, 1.54) is 12.1 Å². The smallest absolute Gasteiger partial charge is 0.233 e. The van der Waals surface area contributed by atoms with Gasteiger partial charge in [0.15, 0.2) is 0 Å². The van der Waals surface area contributed by atoms with Crippen LogP contribution in [-0.4, -0.2) is 10.9 Å². The summed E-state index contributed by atoms with van der Waals surface area (Å²) < 4.78 is 13.2. The van der Waals surface area contributed by atoms with Crippen molar-refractivity contribution in [3.8, 4) is 0 Å². The summed E-state index contributed by atoms with van der Waals surface area (Å²) in [6.07, 6.45) is 3.31. The normalized spacial score (nSPS) is 18.5. The van der Waals surface area contributed by atoms with Crippen LogP contribution in [0.2, 0.25) is 0 Å². The van der Waals surface area contributed by atoms with Gasteiger partial charge in [-0.1, -0.05) is 37.2 Å². The molecule has 108 valence electrons. The Labute approximate surface area is 123 Å². The largest absolute Gasteiger partial charge is 0.392 e. The van der Waals surface area contributed by atoms with Crippen LogP contribution in [0.5, 0.6) is 0 Å². The molecule has 1 aliphatic rings. The maximum absolute atomic E-state index is 13.2. The molecule has 1 amide bonds. The second-order valence-corrected chi connectivity index (χ2v) is 5.84. The van der Waals surface area contributed by atoms with E-state index < -0.39 is 5.41 Å². The molecule has 1 aliphatic carbocycles. The Balaban J connectivity index is 2.12. The second-order valence-electron chi connectivity index (χ2n) is 5.40. The van der Waals surface area contributed by atoms with Crippen LogP contribution in [0.4, 0.5) is 4.39 Å². The average molecular weight is 294 g/mol. The molecule has 0 saturated heterocycles. The van der Waals surface area contributed by atoms with Gasteiger partial charge in [0.25, 0.3) is 0 Å². The fraction of sp³-hybridized carbons (Fsp3) is 0.467. The van der Waals surface area contributed by atoms with E-state index in [-0.39, 0.29) is 22.8 Å². The van der Waals surface area contributed by atoms with Crippen LogP contribution in [-0.2, 0) is 4.79 Å². The number of hydrogen-bond acceptors (Lipinski definition) is 2. The molecular weight excluding hydrogens is 275 g/mol. The predicted molar refractivity (Wildman–Crippen MR) is 80.6 cm³/mol. The molecule has 3 nitrogen and oxygen atoms in total. The fourth-order valence-corrected chi connectivity index (χ4v) is 3.05. The van der Waals surface area contributed by atoms with Crippen molar-refractivity contribution in [2.24, 2.45) is 11.1 Å². The maximum atomic E-state index is 13.2. The highest BCUT2D eigenvalue weighted by molar-refractivity contribution is 7.80. The molecule has 2 rings (SSSR count). The molecule has 20 heavy (non-hydrogen) atoms. The minimum atomic E-state index is -0.725. The van der Waals surface area contributed by atoms with E-state index in [1.54, 1.807) is 12.1 Å². The zero-order valence-corrected chi connectivity index (χ0v) is 12.3. The Kier molecular flexibility index (Phi) is 4.38. The van der Waals surface area contributed by atoms with Gasteiger partial charge in [-0.25, -0.2) is 4.39 Å². The van der Waals surface area contributed by atoms with Crippen molar-refractivity contribution in [2.75, 3.05) is 0 Å². The topological polar surface area (TPSA) is 55.1 Å². The van der Waals surface area contributed by atoms with E-state index in [0.29, 0.717) is 12.8 Å². The Morgan fingerprint density at radius 2 is 2.10 bits per heavy atom. The first kappa shape index (κ1) is 14.9. The highest BCUT2D eigenvalue weighted by atomic mass is 32.1. The number of hydrogen-bond donors (Lipinski definition) is 2. The number of benzene rings is 1. The first-order valence-corrected chi connectivity index (χ1v) is 7.23. The number of rotatable bonds is 4. The Morgan fingerprint density at radius 1 is 1.45 bits per heavy atom. The van der Waals surface area contributed by atoms with Gasteiger partial charge in [0.05, 0.1) is 16.4 Å². The second kappa shape index (κ2) is 5.87. The lowest BCUT2D eigenvalue weighted by atomic mass is 9.84. The van der Waals surface area contributed by atoms with Crippen LogP contribution >= 0.6 is 12.2 Å². The van der Waals surface area contributed by atoms with Gasteiger partial charge >= 0.3 is 0 Å². The van der Waals surface area contributed by atoms with Gasteiger partial charge in [-0.3, -0.25) is 4.79 Å². The Morgan fingerprint density at radius 3 is 2.65 bits per heavy atom. The first-order valence-electron chi connectivity index (χ1n) is 6.82. The van der Waals surface area contributed by atoms with Crippen molar-refractivity contribution in [3.05, 3.63) is 35.6 Å². The fourth-order valence-electron chi connectivity index (χ4n) is 2.76. The molecule has 1 atom stereocenters. The molecule has 0 aliphatic heterocycles. The number of carbonyl (C=O) groups excluding carboxylic acids is 1. The van der Waals surface area contributed by atoms with Gasteiger partial charge < -0.3 is 11.1 Å². The SMILES string of the molecule is CC(NC(=O)C1(C(N)=S)CCCC1)c1cccc(F)c1. The number of nitrogens with two attached hydrogens (primary N) is 1. The number of nitrogens with one attached hydrogen (secondary N) is 1. The quantitative estimate of drug-likeness (QED) is 0.840. The third-order valence-electron chi connectivity index (χ3n) is 4.06. The van der Waals surface area contributed by atoms with Crippen molar-refractivity contribution in [1.82, 2.24) is 5.32 Å². The standard InChI is InChI=1S/C15H19FN2OS/c1-10(11-5-4-6-12(16)9-11)18-14(19)15(13(17)20)7-2-3-8-15/h4-6,9-10H,2-3,7-8H2,1H3,(H2,17,20)(H,18,19).